The molecule has 0 aliphatic carbocycles. The lowest BCUT2D eigenvalue weighted by molar-refractivity contribution is -0.112. The lowest BCUT2D eigenvalue weighted by Gasteiger charge is -2.01. The summed E-state index contributed by atoms with van der Waals surface area (Å²) in [5.74, 6) is -0.172. The maximum Gasteiger partial charge on any atom is 0.273 e. The van der Waals surface area contributed by atoms with Gasteiger partial charge in [-0.2, -0.15) is 5.26 Å². The van der Waals surface area contributed by atoms with Gasteiger partial charge in [0.25, 0.3) is 11.5 Å². The molecule has 0 fully saturated rings. The van der Waals surface area contributed by atoms with Crippen LogP contribution in [0.2, 0.25) is 0 Å². The fourth-order valence-electron chi connectivity index (χ4n) is 2.52. The van der Waals surface area contributed by atoms with Crippen molar-refractivity contribution in [1.29, 1.82) is 5.26 Å². The summed E-state index contributed by atoms with van der Waals surface area (Å²) in [6.45, 7) is 0. The zero-order valence-corrected chi connectivity index (χ0v) is 15.2. The van der Waals surface area contributed by atoms with E-state index in [4.69, 9.17) is 10.5 Å². The van der Waals surface area contributed by atoms with Crippen LogP contribution >= 0.6 is 11.3 Å². The van der Waals surface area contributed by atoms with Crippen molar-refractivity contribution in [2.45, 2.75) is 0 Å². The average molecular weight is 377 g/mol. The fourth-order valence-corrected chi connectivity index (χ4v) is 3.63. The minimum absolute atomic E-state index is 0.209. The Hall–Kier alpha value is -3.63. The number of rotatable bonds is 4. The van der Waals surface area contributed by atoms with Gasteiger partial charge in [-0.3, -0.25) is 14.2 Å². The predicted octanol–water partition coefficient (Wildman–Crippen LogP) is 0.896. The van der Waals surface area contributed by atoms with Gasteiger partial charge >= 0.3 is 0 Å². The number of carbonyl (C=O) groups is 1. The number of nitriles is 1. The molecular formula is C20H15N3O3S. The Morgan fingerprint density at radius 3 is 2.41 bits per heavy atom. The first-order valence-corrected chi connectivity index (χ1v) is 8.74. The van der Waals surface area contributed by atoms with Crippen LogP contribution in [0.25, 0.3) is 17.3 Å². The molecule has 2 N–H and O–H groups in total. The molecule has 0 unspecified atom stereocenters. The van der Waals surface area contributed by atoms with Gasteiger partial charge in [-0.1, -0.05) is 30.3 Å². The Labute approximate surface area is 158 Å². The number of benzene rings is 2. The van der Waals surface area contributed by atoms with E-state index in [1.165, 1.54) is 4.57 Å². The quantitative estimate of drug-likeness (QED) is 0.730. The van der Waals surface area contributed by atoms with Gasteiger partial charge in [0.1, 0.15) is 16.5 Å². The number of primary amides is 1. The van der Waals surface area contributed by atoms with Crippen molar-refractivity contribution in [2.24, 2.45) is 5.73 Å². The highest BCUT2D eigenvalue weighted by molar-refractivity contribution is 7.07. The number of methoxy groups -OCH3 is 1. The van der Waals surface area contributed by atoms with Gasteiger partial charge < -0.3 is 10.5 Å². The lowest BCUT2D eigenvalue weighted by atomic mass is 10.2. The summed E-state index contributed by atoms with van der Waals surface area (Å²) < 4.78 is 7.06. The fraction of sp³-hybridized carbons (Fsp3) is 0.0500. The first kappa shape index (κ1) is 18.2. The number of nitrogens with two attached hydrogens (primary N) is 1. The average Bonchev–Trinajstić information content (AvgIpc) is 2.99. The predicted molar refractivity (Wildman–Crippen MR) is 104 cm³/mol. The largest absolute Gasteiger partial charge is 0.497 e. The van der Waals surface area contributed by atoms with E-state index in [2.05, 4.69) is 0 Å². The van der Waals surface area contributed by atoms with Crippen LogP contribution < -0.4 is 25.2 Å². The van der Waals surface area contributed by atoms with Crippen molar-refractivity contribution in [3.63, 3.8) is 0 Å². The Morgan fingerprint density at radius 2 is 1.85 bits per heavy atom. The van der Waals surface area contributed by atoms with Crippen LogP contribution in [0.1, 0.15) is 5.56 Å². The molecule has 0 aliphatic heterocycles. The first-order valence-electron chi connectivity index (χ1n) is 7.92. The van der Waals surface area contributed by atoms with Crippen molar-refractivity contribution >= 4 is 28.9 Å². The summed E-state index contributed by atoms with van der Waals surface area (Å²) in [5.41, 5.74) is 6.10. The summed E-state index contributed by atoms with van der Waals surface area (Å²) in [7, 11) is 1.58. The van der Waals surface area contributed by atoms with E-state index >= 15 is 0 Å². The molecule has 0 atom stereocenters. The molecule has 3 rings (SSSR count). The molecule has 27 heavy (non-hydrogen) atoms. The third-order valence-corrected chi connectivity index (χ3v) is 4.92. The highest BCUT2D eigenvalue weighted by Gasteiger charge is 2.14. The van der Waals surface area contributed by atoms with Crippen LogP contribution in [-0.4, -0.2) is 17.6 Å². The highest BCUT2D eigenvalue weighted by atomic mass is 32.1. The molecule has 0 saturated heterocycles. The maximum atomic E-state index is 13.0. The number of carbonyl (C=O) groups excluding carboxylic acids is 1. The Morgan fingerprint density at radius 1 is 1.19 bits per heavy atom. The molecule has 7 heteroatoms. The maximum absolute atomic E-state index is 13.0. The van der Waals surface area contributed by atoms with Gasteiger partial charge in [-0.25, -0.2) is 0 Å². The monoisotopic (exact) mass is 377 g/mol. The van der Waals surface area contributed by atoms with Crippen molar-refractivity contribution in [3.05, 3.63) is 79.7 Å². The van der Waals surface area contributed by atoms with Gasteiger partial charge in [-0.15, -0.1) is 11.3 Å². The van der Waals surface area contributed by atoms with Crippen molar-refractivity contribution < 1.29 is 9.53 Å². The molecule has 1 heterocycles. The second-order valence-electron chi connectivity index (χ2n) is 5.52. The molecule has 0 spiro atoms. The summed E-state index contributed by atoms with van der Waals surface area (Å²) in [4.78, 5) is 24.7. The molecule has 0 saturated carbocycles. The number of hydrogen-bond donors (Lipinski definition) is 1. The number of aromatic nitrogens is 1. The molecule has 134 valence electrons. The second-order valence-corrected chi connectivity index (χ2v) is 6.55. The van der Waals surface area contributed by atoms with E-state index in [1.807, 2.05) is 24.3 Å². The zero-order valence-electron chi connectivity index (χ0n) is 14.4. The number of para-hydroxylation sites is 1. The number of thiazole rings is 1. The first-order chi connectivity index (χ1) is 13.0. The minimum atomic E-state index is -0.876. The van der Waals surface area contributed by atoms with Crippen LogP contribution in [0, 0.1) is 11.3 Å². The molecule has 6 nitrogen and oxygen atoms in total. The summed E-state index contributed by atoms with van der Waals surface area (Å²) in [5, 5.41) is 9.35. The van der Waals surface area contributed by atoms with E-state index in [0.29, 0.717) is 16.0 Å². The second kappa shape index (κ2) is 7.72. The standard InChI is InChI=1S/C20H15N3O3S/c1-26-15-9-7-13(8-10-15)11-17-19(25)23(14-5-3-2-4-6-14)20(27-17)16(12-21)18(22)24/h2-11H,1H3,(H2,22,24). The molecule has 3 aromatic rings. The summed E-state index contributed by atoms with van der Waals surface area (Å²) >= 11 is 1.05. The lowest BCUT2D eigenvalue weighted by Crippen LogP contribution is -2.32. The Kier molecular flexibility index (Phi) is 5.20. The van der Waals surface area contributed by atoms with Gasteiger partial charge in [0, 0.05) is 0 Å². The van der Waals surface area contributed by atoms with E-state index in [1.54, 1.807) is 49.6 Å². The molecule has 0 radical (unpaired) electrons. The van der Waals surface area contributed by atoms with Crippen molar-refractivity contribution in [2.75, 3.05) is 7.11 Å². The van der Waals surface area contributed by atoms with Crippen LogP contribution in [0.4, 0.5) is 0 Å². The zero-order chi connectivity index (χ0) is 19.4. The van der Waals surface area contributed by atoms with E-state index in [0.717, 1.165) is 16.9 Å². The van der Waals surface area contributed by atoms with Crippen molar-refractivity contribution in [1.82, 2.24) is 4.57 Å². The molecule has 2 aromatic carbocycles. The normalized spacial score (nSPS) is 12.4. The molecule has 0 bridgehead atoms. The van der Waals surface area contributed by atoms with Gasteiger partial charge in [-0.05, 0) is 35.9 Å². The molecule has 1 aromatic heterocycles. The Balaban J connectivity index is 2.34. The number of ether oxygens (including phenoxy) is 1. The third-order valence-electron chi connectivity index (χ3n) is 3.82. The van der Waals surface area contributed by atoms with Crippen LogP contribution in [-0.2, 0) is 4.79 Å². The highest BCUT2D eigenvalue weighted by Crippen LogP contribution is 2.11. The van der Waals surface area contributed by atoms with Crippen LogP contribution in [0.15, 0.2) is 59.4 Å². The summed E-state index contributed by atoms with van der Waals surface area (Å²) in [6, 6.07) is 17.8. The van der Waals surface area contributed by atoms with E-state index < -0.39 is 5.91 Å². The third kappa shape index (κ3) is 3.66. The smallest absolute Gasteiger partial charge is 0.273 e. The van der Waals surface area contributed by atoms with Crippen LogP contribution in [0.5, 0.6) is 5.75 Å². The van der Waals surface area contributed by atoms with E-state index in [9.17, 15) is 14.9 Å². The summed E-state index contributed by atoms with van der Waals surface area (Å²) in [6.07, 6.45) is 1.70. The minimum Gasteiger partial charge on any atom is -0.497 e. The van der Waals surface area contributed by atoms with Gasteiger partial charge in [0.05, 0.1) is 17.3 Å². The number of hydrogen-bond acceptors (Lipinski definition) is 5. The van der Waals surface area contributed by atoms with Crippen LogP contribution in [0.3, 0.4) is 0 Å². The molecular weight excluding hydrogens is 362 g/mol. The molecule has 0 aliphatic rings. The Bertz CT molecular complexity index is 1200. The topological polar surface area (TPSA) is 98.1 Å². The number of amides is 1. The van der Waals surface area contributed by atoms with E-state index in [-0.39, 0.29) is 15.8 Å². The van der Waals surface area contributed by atoms with Crippen molar-refractivity contribution in [3.8, 4) is 17.5 Å². The number of nitrogens with zero attached hydrogens (tertiary/aromatic N) is 2. The van der Waals surface area contributed by atoms with Gasteiger partial charge in [0.2, 0.25) is 0 Å². The SMILES string of the molecule is COc1ccc(C=c2sc(=C(C#N)C(N)=O)n(-c3ccccc3)c2=O)cc1. The van der Waals surface area contributed by atoms with Gasteiger partial charge in [0.15, 0.2) is 5.57 Å². The molecule has 1 amide bonds.